The number of hydrogen-bond acceptors (Lipinski definition) is 4. The Bertz CT molecular complexity index is 676. The number of carbonyl (C=O) groups excluding carboxylic acids is 1. The maximum atomic E-state index is 11.8. The van der Waals surface area contributed by atoms with Gasteiger partial charge in [-0.05, 0) is 52.5 Å². The molecule has 0 aromatic carbocycles. The third kappa shape index (κ3) is 5.30. The van der Waals surface area contributed by atoms with Crippen LogP contribution in [0.15, 0.2) is 17.1 Å². The smallest absolute Gasteiger partial charge is 0.407 e. The number of H-pyrrole nitrogens is 1. The predicted molar refractivity (Wildman–Crippen MR) is 92.4 cm³/mol. The second-order valence-electron chi connectivity index (χ2n) is 7.05. The van der Waals surface area contributed by atoms with E-state index in [0.29, 0.717) is 11.4 Å². The zero-order chi connectivity index (χ0) is 17.7. The third-order valence-electron chi connectivity index (χ3n) is 3.82. The summed E-state index contributed by atoms with van der Waals surface area (Å²) < 4.78 is 5.26. The third-order valence-corrected chi connectivity index (χ3v) is 3.82. The molecule has 2 rings (SSSR count). The van der Waals surface area contributed by atoms with Gasteiger partial charge in [0.2, 0.25) is 5.69 Å². The maximum absolute atomic E-state index is 11.8. The fraction of sp³-hybridized carbons (Fsp3) is 0.588. The minimum atomic E-state index is -0.502. The van der Waals surface area contributed by atoms with Crippen LogP contribution in [0.5, 0.6) is 0 Å². The maximum Gasteiger partial charge on any atom is 0.407 e. The molecule has 1 aliphatic rings. The molecule has 1 aromatic heterocycles. The number of ether oxygens (including phenoxy) is 1. The van der Waals surface area contributed by atoms with Gasteiger partial charge in [-0.25, -0.2) is 9.64 Å². The van der Waals surface area contributed by atoms with Crippen LogP contribution in [0.4, 0.5) is 16.2 Å². The number of aromatic amines is 1. The lowest BCUT2D eigenvalue weighted by Crippen LogP contribution is -2.42. The van der Waals surface area contributed by atoms with Gasteiger partial charge in [0.25, 0.3) is 5.56 Å². The lowest BCUT2D eigenvalue weighted by molar-refractivity contribution is 0.0492. The summed E-state index contributed by atoms with van der Waals surface area (Å²) in [5, 5.41) is 6.10. The van der Waals surface area contributed by atoms with Crippen molar-refractivity contribution in [2.24, 2.45) is 0 Å². The Kier molecular flexibility index (Phi) is 5.50. The number of nitrogens with zero attached hydrogens (tertiary/aromatic N) is 1. The summed E-state index contributed by atoms with van der Waals surface area (Å²) in [6.07, 6.45) is 4.32. The van der Waals surface area contributed by atoms with E-state index >= 15 is 0 Å². The molecule has 1 heterocycles. The molecule has 1 amide bonds. The first-order chi connectivity index (χ1) is 11.3. The van der Waals surface area contributed by atoms with Gasteiger partial charge in [0.05, 0.1) is 12.3 Å². The molecule has 130 valence electrons. The molecule has 0 saturated heterocycles. The van der Waals surface area contributed by atoms with Crippen LogP contribution in [-0.4, -0.2) is 28.8 Å². The van der Waals surface area contributed by atoms with Crippen molar-refractivity contribution in [3.63, 3.8) is 0 Å². The number of pyridine rings is 1. The van der Waals surface area contributed by atoms with E-state index in [9.17, 15) is 9.59 Å². The number of aromatic nitrogens is 1. The SMILES string of the molecule is [C-]#[N+]c1c[nH]c(=O)c(NC2CCC(NC(=O)OC(C)(C)C)CC2)c1. The normalized spacial score (nSPS) is 20.8. The average molecular weight is 332 g/mol. The number of rotatable bonds is 3. The Labute approximate surface area is 141 Å². The summed E-state index contributed by atoms with van der Waals surface area (Å²) in [5.74, 6) is 0. The average Bonchev–Trinajstić information content (AvgIpc) is 2.49. The minimum absolute atomic E-state index is 0.0887. The Morgan fingerprint density at radius 1 is 1.29 bits per heavy atom. The van der Waals surface area contributed by atoms with Crippen molar-refractivity contribution in [3.05, 3.63) is 34.0 Å². The molecule has 1 fully saturated rings. The second-order valence-corrected chi connectivity index (χ2v) is 7.05. The van der Waals surface area contributed by atoms with Crippen molar-refractivity contribution < 1.29 is 9.53 Å². The fourth-order valence-electron chi connectivity index (χ4n) is 2.72. The molecule has 7 heteroatoms. The van der Waals surface area contributed by atoms with E-state index in [2.05, 4.69) is 20.5 Å². The summed E-state index contributed by atoms with van der Waals surface area (Å²) in [4.78, 5) is 29.5. The van der Waals surface area contributed by atoms with E-state index in [-0.39, 0.29) is 23.7 Å². The molecular weight excluding hydrogens is 308 g/mol. The minimum Gasteiger partial charge on any atom is -0.444 e. The first-order valence-corrected chi connectivity index (χ1v) is 8.13. The summed E-state index contributed by atoms with van der Waals surface area (Å²) >= 11 is 0. The lowest BCUT2D eigenvalue weighted by atomic mass is 9.91. The van der Waals surface area contributed by atoms with Crippen LogP contribution in [0.25, 0.3) is 4.85 Å². The van der Waals surface area contributed by atoms with Crippen molar-refractivity contribution in [3.8, 4) is 0 Å². The molecule has 0 radical (unpaired) electrons. The number of anilines is 1. The Hall–Kier alpha value is -2.49. The largest absolute Gasteiger partial charge is 0.444 e. The van der Waals surface area contributed by atoms with Gasteiger partial charge in [-0.3, -0.25) is 4.79 Å². The van der Waals surface area contributed by atoms with Gasteiger partial charge >= 0.3 is 6.09 Å². The van der Waals surface area contributed by atoms with Crippen molar-refractivity contribution in [1.82, 2.24) is 10.3 Å². The Morgan fingerprint density at radius 3 is 2.50 bits per heavy atom. The fourth-order valence-corrected chi connectivity index (χ4v) is 2.72. The molecule has 1 aliphatic carbocycles. The first-order valence-electron chi connectivity index (χ1n) is 8.13. The van der Waals surface area contributed by atoms with Crippen LogP contribution in [-0.2, 0) is 4.74 Å². The van der Waals surface area contributed by atoms with Crippen LogP contribution in [0.1, 0.15) is 46.5 Å². The molecule has 3 N–H and O–H groups in total. The van der Waals surface area contributed by atoms with Gasteiger partial charge in [-0.2, -0.15) is 0 Å². The van der Waals surface area contributed by atoms with Crippen molar-refractivity contribution in [1.29, 1.82) is 0 Å². The standard InChI is InChI=1S/C17H24N4O3/c1-17(2,3)24-16(23)21-12-7-5-11(6-8-12)20-14-9-13(18-4)10-19-15(14)22/h9-12,20H,5-8H2,1-3H3,(H,19,22)(H,21,23). The summed E-state index contributed by atoms with van der Waals surface area (Å²) in [6.45, 7) is 12.5. The highest BCUT2D eigenvalue weighted by Crippen LogP contribution is 2.23. The molecule has 1 aromatic rings. The van der Waals surface area contributed by atoms with Crippen LogP contribution in [0.3, 0.4) is 0 Å². The van der Waals surface area contributed by atoms with E-state index < -0.39 is 5.60 Å². The number of amides is 1. The number of carbonyl (C=O) groups is 1. The quantitative estimate of drug-likeness (QED) is 0.742. The molecule has 1 saturated carbocycles. The van der Waals surface area contributed by atoms with Gasteiger partial charge in [0.1, 0.15) is 5.60 Å². The van der Waals surface area contributed by atoms with Gasteiger partial charge in [-0.15, -0.1) is 0 Å². The van der Waals surface area contributed by atoms with E-state index in [1.807, 2.05) is 20.8 Å². The van der Waals surface area contributed by atoms with Gasteiger partial charge in [0.15, 0.2) is 0 Å². The number of alkyl carbamates (subject to hydrolysis) is 1. The van der Waals surface area contributed by atoms with Gasteiger partial charge in [0, 0.05) is 18.3 Å². The lowest BCUT2D eigenvalue weighted by Gasteiger charge is -2.30. The van der Waals surface area contributed by atoms with E-state index in [4.69, 9.17) is 11.3 Å². The van der Waals surface area contributed by atoms with Gasteiger partial charge in [-0.1, -0.05) is 0 Å². The molecule has 0 spiro atoms. The number of nitrogens with one attached hydrogen (secondary N) is 3. The van der Waals surface area contributed by atoms with Crippen molar-refractivity contribution in [2.45, 2.75) is 64.1 Å². The second kappa shape index (κ2) is 7.39. The molecular formula is C17H24N4O3. The summed E-state index contributed by atoms with van der Waals surface area (Å²) in [6, 6.07) is 1.81. The van der Waals surface area contributed by atoms with Gasteiger partial charge < -0.3 is 20.4 Å². The molecule has 0 unspecified atom stereocenters. The van der Waals surface area contributed by atoms with Crippen molar-refractivity contribution in [2.75, 3.05) is 5.32 Å². The molecule has 24 heavy (non-hydrogen) atoms. The highest BCUT2D eigenvalue weighted by Gasteiger charge is 2.25. The Morgan fingerprint density at radius 2 is 1.92 bits per heavy atom. The summed E-state index contributed by atoms with van der Waals surface area (Å²) in [7, 11) is 0. The van der Waals surface area contributed by atoms with Crippen LogP contribution in [0.2, 0.25) is 0 Å². The topological polar surface area (TPSA) is 87.6 Å². The Balaban J connectivity index is 1.84. The van der Waals surface area contributed by atoms with Crippen LogP contribution < -0.4 is 16.2 Å². The number of hydrogen-bond donors (Lipinski definition) is 3. The van der Waals surface area contributed by atoms with E-state index in [1.54, 1.807) is 6.07 Å². The van der Waals surface area contributed by atoms with Crippen LogP contribution >= 0.6 is 0 Å². The van der Waals surface area contributed by atoms with Crippen LogP contribution in [0, 0.1) is 6.57 Å². The summed E-state index contributed by atoms with van der Waals surface area (Å²) in [5.41, 5.74) is 0.0958. The zero-order valence-corrected chi connectivity index (χ0v) is 14.3. The molecule has 0 aliphatic heterocycles. The van der Waals surface area contributed by atoms with E-state index in [1.165, 1.54) is 6.20 Å². The molecule has 0 atom stereocenters. The first kappa shape index (κ1) is 17.9. The predicted octanol–water partition coefficient (Wildman–Crippen LogP) is 3.17. The highest BCUT2D eigenvalue weighted by molar-refractivity contribution is 5.68. The highest BCUT2D eigenvalue weighted by atomic mass is 16.6. The molecule has 0 bridgehead atoms. The monoisotopic (exact) mass is 332 g/mol. The van der Waals surface area contributed by atoms with Crippen molar-refractivity contribution >= 4 is 17.5 Å². The molecule has 7 nitrogen and oxygen atoms in total. The zero-order valence-electron chi connectivity index (χ0n) is 14.3. The van der Waals surface area contributed by atoms with E-state index in [0.717, 1.165) is 25.7 Å².